The summed E-state index contributed by atoms with van der Waals surface area (Å²) in [7, 11) is 0. The SMILES string of the molecule is CSCCC(I)(C(=O)O)N(I)I. The summed E-state index contributed by atoms with van der Waals surface area (Å²) in [6, 6.07) is 0. The second kappa shape index (κ2) is 6.45. The number of hydrogen-bond acceptors (Lipinski definition) is 3. The molecule has 0 saturated heterocycles. The van der Waals surface area contributed by atoms with Gasteiger partial charge in [0.2, 0.25) is 0 Å². The van der Waals surface area contributed by atoms with E-state index < -0.39 is 9.51 Å². The van der Waals surface area contributed by atoms with Crippen LogP contribution in [0.15, 0.2) is 0 Å². The van der Waals surface area contributed by atoms with Crippen molar-refractivity contribution in [2.45, 2.75) is 9.97 Å². The fraction of sp³-hybridized carbons (Fsp3) is 0.800. The first-order chi connectivity index (χ1) is 5.45. The second-order valence-corrected chi connectivity index (χ2v) is 8.59. The van der Waals surface area contributed by atoms with Crippen LogP contribution in [0.3, 0.4) is 0 Å². The highest BCUT2D eigenvalue weighted by Crippen LogP contribution is 2.35. The van der Waals surface area contributed by atoms with Crippen LogP contribution in [0.5, 0.6) is 0 Å². The number of carboxylic acids is 1. The van der Waals surface area contributed by atoms with E-state index in [4.69, 9.17) is 5.11 Å². The number of hydrogen-bond donors (Lipinski definition) is 1. The van der Waals surface area contributed by atoms with Crippen LogP contribution in [0.4, 0.5) is 0 Å². The van der Waals surface area contributed by atoms with Gasteiger partial charge in [0.25, 0.3) is 0 Å². The van der Waals surface area contributed by atoms with E-state index in [2.05, 4.69) is 0 Å². The summed E-state index contributed by atoms with van der Waals surface area (Å²) in [5, 5.41) is 8.96. The molecular formula is C5H8I3NO2S. The molecule has 0 aromatic carbocycles. The fourth-order valence-electron chi connectivity index (χ4n) is 0.501. The Morgan fingerprint density at radius 3 is 2.42 bits per heavy atom. The monoisotopic (exact) mass is 527 g/mol. The summed E-state index contributed by atoms with van der Waals surface area (Å²) >= 11 is 7.64. The number of thioether (sulfide) groups is 1. The highest BCUT2D eigenvalue weighted by molar-refractivity contribution is 14.2. The summed E-state index contributed by atoms with van der Waals surface area (Å²) in [5.41, 5.74) is 0. The summed E-state index contributed by atoms with van der Waals surface area (Å²) in [5.74, 6) is 0.0820. The van der Waals surface area contributed by atoms with Gasteiger partial charge in [-0.05, 0) is 41.0 Å². The maximum atomic E-state index is 10.9. The van der Waals surface area contributed by atoms with E-state index in [0.717, 1.165) is 5.75 Å². The molecule has 0 aliphatic carbocycles. The molecule has 0 aromatic heterocycles. The standard InChI is InChI=1S/C5H8I3NO2S/c1-12-3-2-5(6,4(10)11)9(7)8/h2-3H2,1H3,(H,10,11). The molecule has 0 aliphatic rings. The molecule has 0 rings (SSSR count). The van der Waals surface area contributed by atoms with Crippen molar-refractivity contribution < 1.29 is 9.90 Å². The molecular weight excluding hydrogens is 519 g/mol. The van der Waals surface area contributed by atoms with Crippen molar-refractivity contribution in [3.63, 3.8) is 0 Å². The molecule has 0 radical (unpaired) electrons. The van der Waals surface area contributed by atoms with Crippen molar-refractivity contribution in [1.29, 1.82) is 0 Å². The third-order valence-electron chi connectivity index (χ3n) is 1.23. The number of carbonyl (C=O) groups is 1. The van der Waals surface area contributed by atoms with Gasteiger partial charge in [-0.3, -0.25) is 0 Å². The van der Waals surface area contributed by atoms with Gasteiger partial charge in [-0.25, -0.2) is 4.79 Å². The maximum Gasteiger partial charge on any atom is 0.335 e. The number of halogens is 3. The van der Waals surface area contributed by atoms with E-state index in [-0.39, 0.29) is 0 Å². The van der Waals surface area contributed by atoms with Crippen molar-refractivity contribution in [3.8, 4) is 0 Å². The van der Waals surface area contributed by atoms with Gasteiger partial charge in [-0.2, -0.15) is 13.1 Å². The predicted octanol–water partition coefficient (Wildman–Crippen LogP) is 2.96. The average Bonchev–Trinajstić information content (AvgIpc) is 1.99. The molecule has 72 valence electrons. The van der Waals surface area contributed by atoms with E-state index in [9.17, 15) is 4.79 Å². The first-order valence-electron chi connectivity index (χ1n) is 2.98. The zero-order chi connectivity index (χ0) is 9.78. The molecule has 0 bridgehead atoms. The molecule has 0 aliphatic heterocycles. The zero-order valence-electron chi connectivity index (χ0n) is 6.26. The first kappa shape index (κ1) is 14.0. The lowest BCUT2D eigenvalue weighted by Gasteiger charge is -2.25. The lowest BCUT2D eigenvalue weighted by molar-refractivity contribution is -0.140. The Morgan fingerprint density at radius 1 is 1.67 bits per heavy atom. The van der Waals surface area contributed by atoms with Gasteiger partial charge in [0.05, 0.1) is 0 Å². The predicted molar refractivity (Wildman–Crippen MR) is 77.3 cm³/mol. The lowest BCUT2D eigenvalue weighted by atomic mass is 10.2. The van der Waals surface area contributed by atoms with E-state index in [0.29, 0.717) is 6.42 Å². The molecule has 1 atom stereocenters. The topological polar surface area (TPSA) is 40.5 Å². The molecule has 0 saturated carbocycles. The Morgan fingerprint density at radius 2 is 2.17 bits per heavy atom. The second-order valence-electron chi connectivity index (χ2n) is 2.04. The van der Waals surface area contributed by atoms with Gasteiger partial charge in [0.15, 0.2) is 3.55 Å². The van der Waals surface area contributed by atoms with Crippen molar-refractivity contribution >= 4 is 86.1 Å². The van der Waals surface area contributed by atoms with E-state index in [1.165, 1.54) is 0 Å². The molecule has 1 unspecified atom stereocenters. The minimum atomic E-state index is -0.777. The maximum absolute atomic E-state index is 10.9. The van der Waals surface area contributed by atoms with Gasteiger partial charge < -0.3 is 5.11 Å². The van der Waals surface area contributed by atoms with Crippen molar-refractivity contribution in [2.75, 3.05) is 12.0 Å². The molecule has 0 aromatic rings. The highest BCUT2D eigenvalue weighted by Gasteiger charge is 2.39. The van der Waals surface area contributed by atoms with Crippen LogP contribution in [0, 0.1) is 0 Å². The number of nitrogens with zero attached hydrogens (tertiary/aromatic N) is 1. The summed E-state index contributed by atoms with van der Waals surface area (Å²) in [6.07, 6.45) is 2.62. The first-order valence-corrected chi connectivity index (χ1v) is 7.38. The van der Waals surface area contributed by atoms with E-state index >= 15 is 0 Å². The van der Waals surface area contributed by atoms with Gasteiger partial charge >= 0.3 is 5.97 Å². The normalized spacial score (nSPS) is 16.1. The molecule has 0 spiro atoms. The zero-order valence-corrected chi connectivity index (χ0v) is 13.5. The average molecular weight is 527 g/mol. The van der Waals surface area contributed by atoms with Crippen LogP contribution in [0.25, 0.3) is 0 Å². The number of alkyl halides is 1. The van der Waals surface area contributed by atoms with Crippen LogP contribution in [-0.4, -0.2) is 28.0 Å². The van der Waals surface area contributed by atoms with Gasteiger partial charge in [0, 0.05) is 45.7 Å². The van der Waals surface area contributed by atoms with Crippen LogP contribution in [0.1, 0.15) is 6.42 Å². The summed E-state index contributed by atoms with van der Waals surface area (Å²) in [4.78, 5) is 10.9. The largest absolute Gasteiger partial charge is 0.479 e. The number of carboxylic acid groups (broad SMARTS) is 1. The number of rotatable bonds is 5. The minimum absolute atomic E-state index is 0.649. The Balaban J connectivity index is 4.29. The van der Waals surface area contributed by atoms with Crippen molar-refractivity contribution in [3.05, 3.63) is 0 Å². The third kappa shape index (κ3) is 4.00. The van der Waals surface area contributed by atoms with E-state index in [1.807, 2.05) is 74.6 Å². The Hall–Kier alpha value is 1.97. The molecule has 3 nitrogen and oxygen atoms in total. The quantitative estimate of drug-likeness (QED) is 0.259. The molecule has 7 heteroatoms. The van der Waals surface area contributed by atoms with Gasteiger partial charge in [0.1, 0.15) is 0 Å². The van der Waals surface area contributed by atoms with Crippen LogP contribution in [-0.2, 0) is 4.79 Å². The van der Waals surface area contributed by atoms with Crippen LogP contribution < -0.4 is 0 Å². The Bertz CT molecular complexity index is 169. The molecule has 0 amide bonds. The summed E-state index contributed by atoms with van der Waals surface area (Å²) in [6.45, 7) is 0. The molecule has 0 heterocycles. The van der Waals surface area contributed by atoms with Gasteiger partial charge in [-0.15, -0.1) is 0 Å². The smallest absolute Gasteiger partial charge is 0.335 e. The third-order valence-corrected chi connectivity index (χ3v) is 6.82. The van der Waals surface area contributed by atoms with Crippen LogP contribution in [0.2, 0.25) is 0 Å². The van der Waals surface area contributed by atoms with Crippen molar-refractivity contribution in [1.82, 2.24) is 1.33 Å². The Labute approximate surface area is 118 Å². The van der Waals surface area contributed by atoms with E-state index in [1.54, 1.807) is 13.1 Å². The fourth-order valence-corrected chi connectivity index (χ4v) is 2.53. The minimum Gasteiger partial charge on any atom is -0.479 e. The molecule has 0 fully saturated rings. The van der Waals surface area contributed by atoms with Crippen molar-refractivity contribution in [2.24, 2.45) is 0 Å². The Kier molecular flexibility index (Phi) is 7.51. The summed E-state index contributed by atoms with van der Waals surface area (Å²) < 4.78 is 0.906. The van der Waals surface area contributed by atoms with Crippen LogP contribution >= 0.6 is 80.1 Å². The number of aliphatic carboxylic acids is 1. The lowest BCUT2D eigenvalue weighted by Crippen LogP contribution is -2.40. The van der Waals surface area contributed by atoms with Gasteiger partial charge in [-0.1, -0.05) is 0 Å². The highest BCUT2D eigenvalue weighted by atomic mass is 127. The molecule has 1 N–H and O–H groups in total. The molecule has 12 heavy (non-hydrogen) atoms.